The van der Waals surface area contributed by atoms with Crippen LogP contribution in [0, 0.1) is 0 Å². The van der Waals surface area contributed by atoms with Crippen LogP contribution in [-0.4, -0.2) is 11.3 Å². The van der Waals surface area contributed by atoms with Crippen LogP contribution in [0.2, 0.25) is 0 Å². The van der Waals surface area contributed by atoms with Crippen LogP contribution in [0.3, 0.4) is 0 Å². The normalized spacial score (nSPS) is 11.1. The Bertz CT molecular complexity index is 785. The maximum absolute atomic E-state index is 12.1. The molecule has 0 aliphatic heterocycles. The molecule has 3 nitrogen and oxygen atoms in total. The van der Waals surface area contributed by atoms with Crippen LogP contribution in [0.15, 0.2) is 72.9 Å². The molecular formula is C18H12F3NO2. The summed E-state index contributed by atoms with van der Waals surface area (Å²) < 4.78 is 45.9. The molecule has 3 aromatic rings. The molecule has 0 bridgehead atoms. The van der Waals surface area contributed by atoms with Gasteiger partial charge in [-0.25, -0.2) is 4.98 Å². The second kappa shape index (κ2) is 6.62. The Labute approximate surface area is 136 Å². The van der Waals surface area contributed by atoms with E-state index in [1.54, 1.807) is 18.3 Å². The molecule has 122 valence electrons. The zero-order chi connectivity index (χ0) is 17.0. The third-order valence-corrected chi connectivity index (χ3v) is 3.12. The molecule has 1 aromatic heterocycles. The van der Waals surface area contributed by atoms with Crippen LogP contribution in [0.25, 0.3) is 11.1 Å². The van der Waals surface area contributed by atoms with Crippen LogP contribution in [0.4, 0.5) is 13.2 Å². The second-order valence-electron chi connectivity index (χ2n) is 4.87. The number of alkyl halides is 3. The first-order chi connectivity index (χ1) is 11.5. The van der Waals surface area contributed by atoms with E-state index in [4.69, 9.17) is 4.74 Å². The molecule has 0 saturated carbocycles. The maximum Gasteiger partial charge on any atom is 0.573 e. The molecule has 0 spiro atoms. The number of nitrogens with zero attached hydrogens (tertiary/aromatic N) is 1. The monoisotopic (exact) mass is 331 g/mol. The highest BCUT2D eigenvalue weighted by Gasteiger charge is 2.30. The molecule has 24 heavy (non-hydrogen) atoms. The SMILES string of the molecule is FC(F)(F)Oc1ccc(-c2ccc(Oc3ccccc3)nc2)cc1. The van der Waals surface area contributed by atoms with Gasteiger partial charge in [-0.1, -0.05) is 30.3 Å². The van der Waals surface area contributed by atoms with E-state index in [1.165, 1.54) is 24.3 Å². The Balaban J connectivity index is 1.71. The zero-order valence-electron chi connectivity index (χ0n) is 12.3. The summed E-state index contributed by atoms with van der Waals surface area (Å²) in [4.78, 5) is 4.20. The summed E-state index contributed by atoms with van der Waals surface area (Å²) in [6.07, 6.45) is -3.10. The van der Waals surface area contributed by atoms with Gasteiger partial charge >= 0.3 is 6.36 Å². The fraction of sp³-hybridized carbons (Fsp3) is 0.0556. The first-order valence-electron chi connectivity index (χ1n) is 7.05. The highest BCUT2D eigenvalue weighted by atomic mass is 19.4. The van der Waals surface area contributed by atoms with E-state index in [1.807, 2.05) is 30.3 Å². The standard InChI is InChI=1S/C18H12F3NO2/c19-18(20,21)24-16-9-6-13(7-10-16)14-8-11-17(22-12-14)23-15-4-2-1-3-5-15/h1-12H. The van der Waals surface area contributed by atoms with Gasteiger partial charge in [-0.2, -0.15) is 0 Å². The van der Waals surface area contributed by atoms with Gasteiger partial charge in [-0.15, -0.1) is 13.2 Å². The predicted octanol–water partition coefficient (Wildman–Crippen LogP) is 5.44. The summed E-state index contributed by atoms with van der Waals surface area (Å²) in [6, 6.07) is 18.3. The fourth-order valence-corrected chi connectivity index (χ4v) is 2.07. The lowest BCUT2D eigenvalue weighted by Gasteiger charge is -2.09. The summed E-state index contributed by atoms with van der Waals surface area (Å²) in [5.41, 5.74) is 1.48. The van der Waals surface area contributed by atoms with Crippen molar-refractivity contribution in [3.63, 3.8) is 0 Å². The van der Waals surface area contributed by atoms with Gasteiger partial charge in [0.25, 0.3) is 0 Å². The van der Waals surface area contributed by atoms with Crippen LogP contribution in [-0.2, 0) is 0 Å². The predicted molar refractivity (Wildman–Crippen MR) is 82.9 cm³/mol. The van der Waals surface area contributed by atoms with Crippen LogP contribution >= 0.6 is 0 Å². The number of pyridine rings is 1. The number of aromatic nitrogens is 1. The van der Waals surface area contributed by atoms with Gasteiger partial charge in [0.1, 0.15) is 11.5 Å². The molecule has 0 amide bonds. The minimum atomic E-state index is -4.69. The second-order valence-corrected chi connectivity index (χ2v) is 4.87. The first-order valence-corrected chi connectivity index (χ1v) is 7.05. The van der Waals surface area contributed by atoms with Crippen molar-refractivity contribution in [3.8, 4) is 28.5 Å². The van der Waals surface area contributed by atoms with Crippen LogP contribution < -0.4 is 9.47 Å². The number of halogens is 3. The molecule has 0 aliphatic carbocycles. The van der Waals surface area contributed by atoms with E-state index in [0.717, 1.165) is 11.1 Å². The zero-order valence-corrected chi connectivity index (χ0v) is 12.3. The van der Waals surface area contributed by atoms with E-state index in [2.05, 4.69) is 9.72 Å². The fourth-order valence-electron chi connectivity index (χ4n) is 2.07. The van der Waals surface area contributed by atoms with Crippen molar-refractivity contribution < 1.29 is 22.6 Å². The van der Waals surface area contributed by atoms with Crippen molar-refractivity contribution in [1.82, 2.24) is 4.98 Å². The summed E-state index contributed by atoms with van der Waals surface area (Å²) >= 11 is 0. The van der Waals surface area contributed by atoms with Crippen molar-refractivity contribution in [3.05, 3.63) is 72.9 Å². The molecule has 0 aliphatic rings. The third kappa shape index (κ3) is 4.25. The number of para-hydroxylation sites is 1. The topological polar surface area (TPSA) is 31.4 Å². The Morgan fingerprint density at radius 3 is 1.96 bits per heavy atom. The Morgan fingerprint density at radius 1 is 0.708 bits per heavy atom. The van der Waals surface area contributed by atoms with E-state index >= 15 is 0 Å². The summed E-state index contributed by atoms with van der Waals surface area (Å²) in [7, 11) is 0. The van der Waals surface area contributed by atoms with Crippen LogP contribution in [0.5, 0.6) is 17.4 Å². The summed E-state index contributed by atoms with van der Waals surface area (Å²) in [5.74, 6) is 0.844. The smallest absolute Gasteiger partial charge is 0.439 e. The van der Waals surface area contributed by atoms with Gasteiger partial charge in [-0.05, 0) is 35.9 Å². The average Bonchev–Trinajstić information content (AvgIpc) is 2.56. The number of hydrogen-bond donors (Lipinski definition) is 0. The molecular weight excluding hydrogens is 319 g/mol. The molecule has 0 atom stereocenters. The van der Waals surface area contributed by atoms with Crippen molar-refractivity contribution in [2.75, 3.05) is 0 Å². The van der Waals surface area contributed by atoms with Gasteiger partial charge in [0.15, 0.2) is 0 Å². The lowest BCUT2D eigenvalue weighted by molar-refractivity contribution is -0.274. The van der Waals surface area contributed by atoms with Crippen molar-refractivity contribution in [1.29, 1.82) is 0 Å². The van der Waals surface area contributed by atoms with Gasteiger partial charge in [0, 0.05) is 17.8 Å². The molecule has 0 fully saturated rings. The number of hydrogen-bond acceptors (Lipinski definition) is 3. The number of ether oxygens (including phenoxy) is 2. The van der Waals surface area contributed by atoms with E-state index in [9.17, 15) is 13.2 Å². The number of benzene rings is 2. The van der Waals surface area contributed by atoms with Crippen molar-refractivity contribution in [2.45, 2.75) is 6.36 Å². The van der Waals surface area contributed by atoms with Gasteiger partial charge in [0.05, 0.1) is 0 Å². The quantitative estimate of drug-likeness (QED) is 0.638. The third-order valence-electron chi connectivity index (χ3n) is 3.12. The van der Waals surface area contributed by atoms with E-state index in [-0.39, 0.29) is 5.75 Å². The van der Waals surface area contributed by atoms with Crippen molar-refractivity contribution >= 4 is 0 Å². The molecule has 0 unspecified atom stereocenters. The van der Waals surface area contributed by atoms with E-state index in [0.29, 0.717) is 11.6 Å². The van der Waals surface area contributed by atoms with E-state index < -0.39 is 6.36 Å². The van der Waals surface area contributed by atoms with Gasteiger partial charge in [-0.3, -0.25) is 0 Å². The largest absolute Gasteiger partial charge is 0.573 e. The molecule has 1 heterocycles. The molecule has 0 radical (unpaired) electrons. The summed E-state index contributed by atoms with van der Waals surface area (Å²) in [6.45, 7) is 0. The van der Waals surface area contributed by atoms with Gasteiger partial charge in [0.2, 0.25) is 5.88 Å². The Kier molecular flexibility index (Phi) is 4.37. The molecule has 0 saturated heterocycles. The minimum Gasteiger partial charge on any atom is -0.439 e. The molecule has 6 heteroatoms. The summed E-state index contributed by atoms with van der Waals surface area (Å²) in [5, 5.41) is 0. The highest BCUT2D eigenvalue weighted by molar-refractivity contribution is 5.63. The lowest BCUT2D eigenvalue weighted by Crippen LogP contribution is -2.16. The molecule has 3 rings (SSSR count). The lowest BCUT2D eigenvalue weighted by atomic mass is 10.1. The number of rotatable bonds is 4. The Hall–Kier alpha value is -3.02. The molecule has 2 aromatic carbocycles. The molecule has 0 N–H and O–H groups in total. The highest BCUT2D eigenvalue weighted by Crippen LogP contribution is 2.27. The Morgan fingerprint density at radius 2 is 1.38 bits per heavy atom. The average molecular weight is 331 g/mol. The maximum atomic E-state index is 12.1. The first kappa shape index (κ1) is 15.9. The van der Waals surface area contributed by atoms with Crippen LogP contribution in [0.1, 0.15) is 0 Å². The van der Waals surface area contributed by atoms with Gasteiger partial charge < -0.3 is 9.47 Å². The van der Waals surface area contributed by atoms with Crippen molar-refractivity contribution in [2.24, 2.45) is 0 Å². The minimum absolute atomic E-state index is 0.261.